The Kier molecular flexibility index (Phi) is 3.66. The molecule has 0 radical (unpaired) electrons. The molecule has 0 aliphatic carbocycles. The molecular formula is C11H17NO2S2. The van der Waals surface area contributed by atoms with Gasteiger partial charge in [0.15, 0.2) is 0 Å². The molecular weight excluding hydrogens is 242 g/mol. The molecule has 1 aromatic heterocycles. The lowest BCUT2D eigenvalue weighted by Crippen LogP contribution is -2.31. The fourth-order valence-electron chi connectivity index (χ4n) is 2.01. The summed E-state index contributed by atoms with van der Waals surface area (Å²) in [7, 11) is -3.21. The third kappa shape index (κ3) is 2.47. The Hall–Kier alpha value is -0.390. The first-order valence-electron chi connectivity index (χ1n) is 5.64. The van der Waals surface area contributed by atoms with Crippen LogP contribution in [0.25, 0.3) is 0 Å². The topological polar surface area (TPSA) is 37.4 Å². The van der Waals surface area contributed by atoms with Crippen LogP contribution in [0.15, 0.2) is 21.7 Å². The van der Waals surface area contributed by atoms with E-state index in [4.69, 9.17) is 0 Å². The summed E-state index contributed by atoms with van der Waals surface area (Å²) in [6.45, 7) is 3.53. The molecule has 2 rings (SSSR count). The zero-order valence-electron chi connectivity index (χ0n) is 9.43. The van der Waals surface area contributed by atoms with Crippen molar-refractivity contribution >= 4 is 21.4 Å². The van der Waals surface area contributed by atoms with Gasteiger partial charge in [0.25, 0.3) is 10.0 Å². The predicted octanol–water partition coefficient (Wildman–Crippen LogP) is 2.56. The first-order valence-corrected chi connectivity index (χ1v) is 7.96. The molecule has 2 heterocycles. The lowest BCUT2D eigenvalue weighted by Gasteiger charge is -2.18. The largest absolute Gasteiger partial charge is 0.252 e. The van der Waals surface area contributed by atoms with Crippen molar-refractivity contribution in [3.05, 3.63) is 17.5 Å². The van der Waals surface area contributed by atoms with Crippen LogP contribution >= 0.6 is 11.3 Å². The van der Waals surface area contributed by atoms with E-state index in [1.165, 1.54) is 11.3 Å². The quantitative estimate of drug-likeness (QED) is 0.818. The summed E-state index contributed by atoms with van der Waals surface area (Å²) in [6.07, 6.45) is 3.09. The highest BCUT2D eigenvalue weighted by atomic mass is 32.2. The fourth-order valence-corrected chi connectivity index (χ4v) is 4.65. The van der Waals surface area contributed by atoms with E-state index in [9.17, 15) is 8.42 Å². The Morgan fingerprint density at radius 1 is 1.38 bits per heavy atom. The van der Waals surface area contributed by atoms with E-state index in [0.717, 1.165) is 19.3 Å². The van der Waals surface area contributed by atoms with E-state index in [0.29, 0.717) is 23.2 Å². The maximum atomic E-state index is 12.2. The van der Waals surface area contributed by atoms with Gasteiger partial charge >= 0.3 is 0 Å². The molecule has 5 heteroatoms. The molecule has 0 aromatic carbocycles. The highest BCUT2D eigenvalue weighted by Crippen LogP contribution is 2.25. The Morgan fingerprint density at radius 3 is 2.88 bits per heavy atom. The number of sulfonamides is 1. The zero-order valence-corrected chi connectivity index (χ0v) is 11.1. The van der Waals surface area contributed by atoms with Gasteiger partial charge in [-0.25, -0.2) is 8.42 Å². The molecule has 1 saturated heterocycles. The van der Waals surface area contributed by atoms with Crippen molar-refractivity contribution in [3.63, 3.8) is 0 Å². The van der Waals surface area contributed by atoms with Crippen molar-refractivity contribution in [1.29, 1.82) is 0 Å². The molecule has 3 nitrogen and oxygen atoms in total. The van der Waals surface area contributed by atoms with Crippen molar-refractivity contribution in [3.8, 4) is 0 Å². The van der Waals surface area contributed by atoms with Crippen molar-refractivity contribution in [2.45, 2.75) is 30.4 Å². The van der Waals surface area contributed by atoms with Gasteiger partial charge in [-0.15, -0.1) is 11.3 Å². The van der Waals surface area contributed by atoms with Gasteiger partial charge in [-0.05, 0) is 36.6 Å². The van der Waals surface area contributed by atoms with Gasteiger partial charge in [-0.3, -0.25) is 0 Å². The van der Waals surface area contributed by atoms with Gasteiger partial charge in [0, 0.05) is 13.1 Å². The van der Waals surface area contributed by atoms with Crippen LogP contribution in [0.1, 0.15) is 26.2 Å². The number of thiophene rings is 1. The Balaban J connectivity index is 2.18. The second kappa shape index (κ2) is 4.85. The van der Waals surface area contributed by atoms with Gasteiger partial charge in [-0.2, -0.15) is 4.31 Å². The summed E-state index contributed by atoms with van der Waals surface area (Å²) in [6, 6.07) is 3.48. The number of hydrogen-bond donors (Lipinski definition) is 0. The summed E-state index contributed by atoms with van der Waals surface area (Å²) < 4.78 is 26.6. The second-order valence-corrected chi connectivity index (χ2v) is 7.48. The van der Waals surface area contributed by atoms with Crippen LogP contribution in [0.4, 0.5) is 0 Å². The van der Waals surface area contributed by atoms with Crippen molar-refractivity contribution in [2.75, 3.05) is 13.1 Å². The van der Waals surface area contributed by atoms with Gasteiger partial charge < -0.3 is 0 Å². The lowest BCUT2D eigenvalue weighted by molar-refractivity contribution is 0.418. The second-order valence-electron chi connectivity index (χ2n) is 4.37. The smallest absolute Gasteiger partial charge is 0.206 e. The molecule has 0 amide bonds. The number of rotatable bonds is 2. The number of nitrogens with zero attached hydrogens (tertiary/aromatic N) is 1. The van der Waals surface area contributed by atoms with Crippen LogP contribution in [-0.2, 0) is 10.0 Å². The minimum atomic E-state index is -3.21. The molecule has 16 heavy (non-hydrogen) atoms. The van der Waals surface area contributed by atoms with Gasteiger partial charge in [0.05, 0.1) is 0 Å². The Morgan fingerprint density at radius 2 is 2.19 bits per heavy atom. The Labute approximate surface area is 101 Å². The molecule has 90 valence electrons. The van der Waals surface area contributed by atoms with E-state index in [1.807, 2.05) is 5.38 Å². The molecule has 0 bridgehead atoms. The first-order chi connectivity index (χ1) is 7.60. The lowest BCUT2D eigenvalue weighted by atomic mass is 10.0. The molecule has 1 aliphatic heterocycles. The SMILES string of the molecule is CC1CCCN(S(=O)(=O)c2cccs2)CC1. The fraction of sp³-hybridized carbons (Fsp3) is 0.636. The van der Waals surface area contributed by atoms with E-state index < -0.39 is 10.0 Å². The zero-order chi connectivity index (χ0) is 11.6. The molecule has 1 atom stereocenters. The summed E-state index contributed by atoms with van der Waals surface area (Å²) >= 11 is 1.30. The first kappa shape index (κ1) is 12.1. The molecule has 1 aliphatic rings. The standard InChI is InChI=1S/C11H17NO2S2/c1-10-4-2-7-12(8-6-10)16(13,14)11-5-3-9-15-11/h3,5,9-10H,2,4,6-8H2,1H3. The van der Waals surface area contributed by atoms with Crippen LogP contribution in [-0.4, -0.2) is 25.8 Å². The normalized spacial score (nSPS) is 24.2. The van der Waals surface area contributed by atoms with Crippen molar-refractivity contribution in [2.24, 2.45) is 5.92 Å². The monoisotopic (exact) mass is 259 g/mol. The minimum absolute atomic E-state index is 0.474. The van der Waals surface area contributed by atoms with Crippen molar-refractivity contribution < 1.29 is 8.42 Å². The summed E-state index contributed by atoms with van der Waals surface area (Å²) in [5.41, 5.74) is 0. The molecule has 1 aromatic rings. The van der Waals surface area contributed by atoms with E-state index in [-0.39, 0.29) is 0 Å². The van der Waals surface area contributed by atoms with Crippen LogP contribution in [0.3, 0.4) is 0 Å². The maximum absolute atomic E-state index is 12.2. The average Bonchev–Trinajstić information content (AvgIpc) is 2.68. The van der Waals surface area contributed by atoms with Crippen molar-refractivity contribution in [1.82, 2.24) is 4.31 Å². The van der Waals surface area contributed by atoms with Crippen LogP contribution in [0.2, 0.25) is 0 Å². The number of hydrogen-bond acceptors (Lipinski definition) is 3. The van der Waals surface area contributed by atoms with Gasteiger partial charge in [0.1, 0.15) is 4.21 Å². The summed E-state index contributed by atoms with van der Waals surface area (Å²) in [4.78, 5) is 0. The summed E-state index contributed by atoms with van der Waals surface area (Å²) in [5.74, 6) is 0.642. The maximum Gasteiger partial charge on any atom is 0.252 e. The average molecular weight is 259 g/mol. The summed E-state index contributed by atoms with van der Waals surface area (Å²) in [5, 5.41) is 1.81. The van der Waals surface area contributed by atoms with Gasteiger partial charge in [-0.1, -0.05) is 13.0 Å². The molecule has 1 fully saturated rings. The minimum Gasteiger partial charge on any atom is -0.206 e. The third-order valence-corrected chi connectivity index (χ3v) is 6.34. The van der Waals surface area contributed by atoms with E-state index >= 15 is 0 Å². The highest BCUT2D eigenvalue weighted by Gasteiger charge is 2.26. The van der Waals surface area contributed by atoms with Crippen LogP contribution in [0.5, 0.6) is 0 Å². The highest BCUT2D eigenvalue weighted by molar-refractivity contribution is 7.91. The molecule has 1 unspecified atom stereocenters. The Bertz CT molecular complexity index is 425. The van der Waals surface area contributed by atoms with Crippen LogP contribution in [0, 0.1) is 5.92 Å². The molecule has 0 saturated carbocycles. The van der Waals surface area contributed by atoms with Gasteiger partial charge in [0.2, 0.25) is 0 Å². The van der Waals surface area contributed by atoms with Crippen LogP contribution < -0.4 is 0 Å². The van der Waals surface area contributed by atoms with E-state index in [2.05, 4.69) is 6.92 Å². The molecule has 0 N–H and O–H groups in total. The third-order valence-electron chi connectivity index (χ3n) is 3.06. The molecule has 0 spiro atoms. The predicted molar refractivity (Wildman–Crippen MR) is 66.1 cm³/mol. The van der Waals surface area contributed by atoms with E-state index in [1.54, 1.807) is 16.4 Å².